The molecule has 1 N–H and O–H groups in total. The van der Waals surface area contributed by atoms with Gasteiger partial charge in [-0.2, -0.15) is 4.31 Å². The SMILES string of the molecule is COC(=O)c1ccc(Cl)c(S(=O)(=O)N2CSCC2C(=O)NCC2CC2)c1. The van der Waals surface area contributed by atoms with Crippen molar-refractivity contribution in [2.75, 3.05) is 25.3 Å². The average molecular weight is 419 g/mol. The zero-order valence-electron chi connectivity index (χ0n) is 14.1. The van der Waals surface area contributed by atoms with Crippen molar-refractivity contribution in [3.05, 3.63) is 28.8 Å². The summed E-state index contributed by atoms with van der Waals surface area (Å²) < 4.78 is 31.9. The van der Waals surface area contributed by atoms with Gasteiger partial charge in [-0.1, -0.05) is 11.6 Å². The number of sulfonamides is 1. The van der Waals surface area contributed by atoms with E-state index < -0.39 is 22.0 Å². The summed E-state index contributed by atoms with van der Waals surface area (Å²) in [5.41, 5.74) is 0.0806. The number of carbonyl (C=O) groups is 2. The topological polar surface area (TPSA) is 92.8 Å². The third-order valence-corrected chi connectivity index (χ3v) is 7.86. The number of rotatable bonds is 6. The minimum absolute atomic E-state index is 0.00769. The molecule has 0 spiro atoms. The molecule has 1 aromatic rings. The second kappa shape index (κ2) is 7.75. The molecule has 1 aromatic carbocycles. The van der Waals surface area contributed by atoms with Gasteiger partial charge in [0.2, 0.25) is 15.9 Å². The fourth-order valence-corrected chi connectivity index (χ4v) is 6.28. The number of hydrogen-bond acceptors (Lipinski definition) is 6. The molecule has 142 valence electrons. The first-order valence-corrected chi connectivity index (χ1v) is 11.1. The summed E-state index contributed by atoms with van der Waals surface area (Å²) in [5.74, 6) is 0.0785. The van der Waals surface area contributed by atoms with Crippen LogP contribution < -0.4 is 5.32 Å². The molecule has 1 aliphatic carbocycles. The van der Waals surface area contributed by atoms with E-state index in [-0.39, 0.29) is 27.3 Å². The normalized spacial score (nSPS) is 20.8. The Morgan fingerprint density at radius 2 is 2.12 bits per heavy atom. The van der Waals surface area contributed by atoms with Gasteiger partial charge < -0.3 is 10.1 Å². The molecule has 10 heteroatoms. The van der Waals surface area contributed by atoms with E-state index in [2.05, 4.69) is 10.1 Å². The van der Waals surface area contributed by atoms with Crippen molar-refractivity contribution >= 4 is 45.3 Å². The first-order valence-electron chi connectivity index (χ1n) is 8.09. The largest absolute Gasteiger partial charge is 0.465 e. The van der Waals surface area contributed by atoms with Gasteiger partial charge in [0, 0.05) is 12.3 Å². The number of thioether (sulfide) groups is 1. The highest BCUT2D eigenvalue weighted by molar-refractivity contribution is 8.00. The zero-order valence-corrected chi connectivity index (χ0v) is 16.5. The number of esters is 1. The maximum atomic E-state index is 13.1. The Kier molecular flexibility index (Phi) is 5.81. The molecule has 1 atom stereocenters. The maximum absolute atomic E-state index is 13.1. The van der Waals surface area contributed by atoms with E-state index in [0.29, 0.717) is 18.2 Å². The zero-order chi connectivity index (χ0) is 18.9. The van der Waals surface area contributed by atoms with Gasteiger partial charge in [-0.3, -0.25) is 4.79 Å². The Hall–Kier alpha value is -1.29. The second-order valence-corrected chi connectivity index (χ2v) is 9.50. The minimum Gasteiger partial charge on any atom is -0.465 e. The van der Waals surface area contributed by atoms with Crippen molar-refractivity contribution in [3.8, 4) is 0 Å². The standard InChI is InChI=1S/C16H19ClN2O5S2/c1-24-16(21)11-4-5-12(17)14(6-11)26(22,23)19-9-25-8-13(19)15(20)18-7-10-2-3-10/h4-6,10,13H,2-3,7-9H2,1H3,(H,18,20). The minimum atomic E-state index is -4.04. The summed E-state index contributed by atoms with van der Waals surface area (Å²) in [4.78, 5) is 23.9. The maximum Gasteiger partial charge on any atom is 0.337 e. The van der Waals surface area contributed by atoms with Crippen LogP contribution in [-0.2, 0) is 19.6 Å². The molecule has 1 amide bonds. The number of hydrogen-bond donors (Lipinski definition) is 1. The lowest BCUT2D eigenvalue weighted by atomic mass is 10.2. The number of benzene rings is 1. The fraction of sp³-hybridized carbons (Fsp3) is 0.500. The molecule has 1 aliphatic heterocycles. The molecular weight excluding hydrogens is 400 g/mol. The van der Waals surface area contributed by atoms with E-state index in [0.717, 1.165) is 17.1 Å². The number of carbonyl (C=O) groups excluding carboxylic acids is 2. The molecule has 1 saturated heterocycles. The molecule has 0 radical (unpaired) electrons. The van der Waals surface area contributed by atoms with E-state index in [1.165, 1.54) is 37.1 Å². The highest BCUT2D eigenvalue weighted by atomic mass is 35.5. The fourth-order valence-electron chi connectivity index (χ4n) is 2.63. The van der Waals surface area contributed by atoms with Gasteiger partial charge in [0.1, 0.15) is 10.9 Å². The van der Waals surface area contributed by atoms with Crippen molar-refractivity contribution in [1.29, 1.82) is 0 Å². The second-order valence-electron chi connectivity index (χ2n) is 6.23. The molecule has 26 heavy (non-hydrogen) atoms. The van der Waals surface area contributed by atoms with Crippen molar-refractivity contribution in [2.45, 2.75) is 23.8 Å². The lowest BCUT2D eigenvalue weighted by Crippen LogP contribution is -2.47. The monoisotopic (exact) mass is 418 g/mol. The van der Waals surface area contributed by atoms with Crippen LogP contribution in [0, 0.1) is 5.92 Å². The third kappa shape index (κ3) is 4.00. The van der Waals surface area contributed by atoms with Gasteiger partial charge in [-0.05, 0) is 37.0 Å². The van der Waals surface area contributed by atoms with E-state index in [4.69, 9.17) is 11.6 Å². The molecule has 1 heterocycles. The van der Waals surface area contributed by atoms with E-state index in [1.807, 2.05) is 0 Å². The summed E-state index contributed by atoms with van der Waals surface area (Å²) in [6, 6.07) is 3.13. The van der Waals surface area contributed by atoms with Gasteiger partial charge >= 0.3 is 5.97 Å². The molecule has 0 aromatic heterocycles. The highest BCUT2D eigenvalue weighted by Crippen LogP contribution is 2.33. The molecule has 1 unspecified atom stereocenters. The summed E-state index contributed by atoms with van der Waals surface area (Å²) in [6.45, 7) is 0.576. The number of methoxy groups -OCH3 is 1. The van der Waals surface area contributed by atoms with E-state index in [1.54, 1.807) is 0 Å². The van der Waals surface area contributed by atoms with Gasteiger partial charge in [0.05, 0.1) is 23.6 Å². The van der Waals surface area contributed by atoms with Crippen LogP contribution in [0.25, 0.3) is 0 Å². The Balaban J connectivity index is 1.86. The predicted octanol–water partition coefficient (Wildman–Crippen LogP) is 1.72. The highest BCUT2D eigenvalue weighted by Gasteiger charge is 2.41. The quantitative estimate of drug-likeness (QED) is 0.707. The van der Waals surface area contributed by atoms with Gasteiger partial charge in [0.15, 0.2) is 0 Å². The molecule has 2 fully saturated rings. The smallest absolute Gasteiger partial charge is 0.337 e. The molecule has 2 aliphatic rings. The summed E-state index contributed by atoms with van der Waals surface area (Å²) in [5, 5.41) is 2.82. The number of ether oxygens (including phenoxy) is 1. The Bertz CT molecular complexity index is 826. The summed E-state index contributed by atoms with van der Waals surface area (Å²) in [7, 11) is -2.83. The van der Waals surface area contributed by atoms with E-state index >= 15 is 0 Å². The first-order chi connectivity index (χ1) is 12.3. The third-order valence-electron chi connectivity index (χ3n) is 4.35. The van der Waals surface area contributed by atoms with Crippen molar-refractivity contribution < 1.29 is 22.7 Å². The summed E-state index contributed by atoms with van der Waals surface area (Å²) >= 11 is 7.44. The lowest BCUT2D eigenvalue weighted by molar-refractivity contribution is -0.123. The van der Waals surface area contributed by atoms with Gasteiger partial charge in [-0.25, -0.2) is 13.2 Å². The predicted molar refractivity (Wildman–Crippen MR) is 98.7 cm³/mol. The van der Waals surface area contributed by atoms with Crippen LogP contribution in [0.2, 0.25) is 5.02 Å². The number of nitrogens with zero attached hydrogens (tertiary/aromatic N) is 1. The van der Waals surface area contributed by atoms with Crippen LogP contribution in [0.3, 0.4) is 0 Å². The molecule has 3 rings (SSSR count). The Morgan fingerprint density at radius 1 is 1.38 bits per heavy atom. The van der Waals surface area contributed by atoms with Crippen LogP contribution in [-0.4, -0.2) is 55.9 Å². The number of halogens is 1. The molecule has 7 nitrogen and oxygen atoms in total. The van der Waals surface area contributed by atoms with E-state index in [9.17, 15) is 18.0 Å². The van der Waals surface area contributed by atoms with Crippen LogP contribution in [0.4, 0.5) is 0 Å². The average Bonchev–Trinajstić information content (AvgIpc) is 3.31. The van der Waals surface area contributed by atoms with Crippen LogP contribution in [0.5, 0.6) is 0 Å². The summed E-state index contributed by atoms with van der Waals surface area (Å²) in [6.07, 6.45) is 2.19. The van der Waals surface area contributed by atoms with Crippen molar-refractivity contribution in [2.24, 2.45) is 5.92 Å². The molecular formula is C16H19ClN2O5S2. The molecule has 0 bridgehead atoms. The number of nitrogens with one attached hydrogen (secondary N) is 1. The van der Waals surface area contributed by atoms with Gasteiger partial charge in [-0.15, -0.1) is 11.8 Å². The van der Waals surface area contributed by atoms with Crippen molar-refractivity contribution in [1.82, 2.24) is 9.62 Å². The van der Waals surface area contributed by atoms with Gasteiger partial charge in [0.25, 0.3) is 0 Å². The Morgan fingerprint density at radius 3 is 2.77 bits per heavy atom. The van der Waals surface area contributed by atoms with Crippen LogP contribution in [0.15, 0.2) is 23.1 Å². The first kappa shape index (κ1) is 19.5. The van der Waals surface area contributed by atoms with Crippen LogP contribution in [0.1, 0.15) is 23.2 Å². The number of amides is 1. The lowest BCUT2D eigenvalue weighted by Gasteiger charge is -2.23. The molecule has 1 saturated carbocycles. The van der Waals surface area contributed by atoms with Crippen LogP contribution >= 0.6 is 23.4 Å². The Labute approximate surface area is 161 Å². The van der Waals surface area contributed by atoms with Crippen molar-refractivity contribution in [3.63, 3.8) is 0 Å².